The summed E-state index contributed by atoms with van der Waals surface area (Å²) in [5, 5.41) is 14.1. The molecule has 2 aromatic heterocycles. The van der Waals surface area contributed by atoms with Crippen molar-refractivity contribution in [3.63, 3.8) is 0 Å². The number of fused-ring (bicyclic) bond motifs is 11. The third-order valence-electron chi connectivity index (χ3n) is 15.0. The number of para-hydroxylation sites is 3. The van der Waals surface area contributed by atoms with Crippen LogP contribution in [0.1, 0.15) is 0 Å². The summed E-state index contributed by atoms with van der Waals surface area (Å²) in [5.41, 5.74) is 13.5. The summed E-state index contributed by atoms with van der Waals surface area (Å²) in [6.07, 6.45) is 0. The van der Waals surface area contributed by atoms with Crippen LogP contribution in [0.25, 0.3) is 104 Å². The average Bonchev–Trinajstić information content (AvgIpc) is 4.02. The highest BCUT2D eigenvalue weighted by atomic mass is 16.3. The van der Waals surface area contributed by atoms with Gasteiger partial charge in [0.2, 0.25) is 0 Å². The fourth-order valence-electron chi connectivity index (χ4n) is 11.6. The minimum Gasteiger partial charge on any atom is -0.454 e. The smallest absolute Gasteiger partial charge is 0.159 e. The van der Waals surface area contributed by atoms with E-state index in [2.05, 4.69) is 281 Å². The highest BCUT2D eigenvalue weighted by molar-refractivity contribution is 6.19. The van der Waals surface area contributed by atoms with Crippen molar-refractivity contribution in [3.8, 4) is 16.8 Å². The molecule has 0 radical (unpaired) electrons. The van der Waals surface area contributed by atoms with Gasteiger partial charge in [0.15, 0.2) is 5.58 Å². The lowest BCUT2D eigenvalue weighted by Gasteiger charge is -2.31. The SMILES string of the molecule is c1ccc(N(c2cc(-c3ccc4c(c3)c3ccc5ccccc5c3n4-c3ccc4ccccc4c3)cc(N(c3ccc4ccccc4c3)c3cccc4ccccc34)c2)c2cccc3c2oc2ccccc23)cc1. The third kappa shape index (κ3) is 6.77. The summed E-state index contributed by atoms with van der Waals surface area (Å²) < 4.78 is 9.33. The molecule has 4 nitrogen and oxygen atoms in total. The van der Waals surface area contributed by atoms with Gasteiger partial charge in [-0.15, -0.1) is 0 Å². The molecule has 0 spiro atoms. The standard InChI is InChI=1S/C70H45N3O/c1-2-23-54(24-3-1)71(67-30-15-28-63-61-27-12-13-31-68(61)74-70(63)67)57-42-53(43-58(45-57)72(55-36-32-46-16-4-6-20-50(46)40-55)65-29-14-22-48-18-8-10-25-59(48)65)52-35-39-66-64(44-52)62-38-34-49-19-9-11-26-60(49)69(62)73(66)56-37-33-47-17-5-7-21-51(47)41-56/h1-45H. The maximum absolute atomic E-state index is 6.86. The van der Waals surface area contributed by atoms with Crippen LogP contribution in [0, 0.1) is 0 Å². The zero-order valence-corrected chi connectivity index (χ0v) is 40.2. The van der Waals surface area contributed by atoms with Gasteiger partial charge in [0, 0.05) is 60.8 Å². The summed E-state index contributed by atoms with van der Waals surface area (Å²) in [6, 6.07) is 99.4. The number of nitrogens with zero attached hydrogens (tertiary/aromatic N) is 3. The molecular weight excluding hydrogens is 899 g/mol. The number of rotatable bonds is 8. The maximum Gasteiger partial charge on any atom is 0.159 e. The molecule has 0 aliphatic rings. The van der Waals surface area contributed by atoms with Crippen LogP contribution in [0.15, 0.2) is 277 Å². The molecule has 0 saturated carbocycles. The molecule has 4 heteroatoms. The Kier molecular flexibility index (Phi) is 9.54. The second kappa shape index (κ2) is 16.9. The quantitative estimate of drug-likeness (QED) is 0.152. The molecule has 0 unspecified atom stereocenters. The molecule has 0 bridgehead atoms. The first-order valence-corrected chi connectivity index (χ1v) is 25.3. The van der Waals surface area contributed by atoms with E-state index in [1.807, 2.05) is 6.07 Å². The molecule has 346 valence electrons. The van der Waals surface area contributed by atoms with Crippen LogP contribution in [-0.4, -0.2) is 4.57 Å². The molecule has 0 fully saturated rings. The Morgan fingerprint density at radius 3 is 1.66 bits per heavy atom. The number of benzene rings is 13. The van der Waals surface area contributed by atoms with Gasteiger partial charge in [-0.2, -0.15) is 0 Å². The second-order valence-corrected chi connectivity index (χ2v) is 19.3. The predicted octanol–water partition coefficient (Wildman–Crippen LogP) is 19.9. The Morgan fingerprint density at radius 2 is 0.865 bits per heavy atom. The van der Waals surface area contributed by atoms with E-state index in [0.717, 1.165) is 83.8 Å². The van der Waals surface area contributed by atoms with Crippen LogP contribution in [0.4, 0.5) is 34.1 Å². The van der Waals surface area contributed by atoms with Crippen LogP contribution < -0.4 is 9.80 Å². The minimum atomic E-state index is 0.833. The van der Waals surface area contributed by atoms with Gasteiger partial charge in [0.05, 0.1) is 22.4 Å². The summed E-state index contributed by atoms with van der Waals surface area (Å²) >= 11 is 0. The van der Waals surface area contributed by atoms with E-state index in [1.165, 1.54) is 54.0 Å². The highest BCUT2D eigenvalue weighted by Gasteiger charge is 2.24. The number of aromatic nitrogens is 1. The lowest BCUT2D eigenvalue weighted by atomic mass is 9.98. The minimum absolute atomic E-state index is 0.833. The first-order valence-electron chi connectivity index (χ1n) is 25.3. The average molecular weight is 944 g/mol. The zero-order valence-electron chi connectivity index (χ0n) is 40.2. The first-order chi connectivity index (χ1) is 36.7. The zero-order chi connectivity index (χ0) is 48.7. The molecule has 0 atom stereocenters. The van der Waals surface area contributed by atoms with Crippen molar-refractivity contribution >= 4 is 121 Å². The normalized spacial score (nSPS) is 11.8. The van der Waals surface area contributed by atoms with Gasteiger partial charge >= 0.3 is 0 Å². The van der Waals surface area contributed by atoms with Crippen molar-refractivity contribution in [1.29, 1.82) is 0 Å². The van der Waals surface area contributed by atoms with Crippen molar-refractivity contribution in [1.82, 2.24) is 4.57 Å². The van der Waals surface area contributed by atoms with Crippen molar-refractivity contribution in [3.05, 3.63) is 273 Å². The van der Waals surface area contributed by atoms with Crippen molar-refractivity contribution < 1.29 is 4.42 Å². The van der Waals surface area contributed by atoms with Crippen LogP contribution >= 0.6 is 0 Å². The molecule has 0 saturated heterocycles. The van der Waals surface area contributed by atoms with E-state index < -0.39 is 0 Å². The van der Waals surface area contributed by atoms with Gasteiger partial charge in [-0.3, -0.25) is 0 Å². The molecule has 2 heterocycles. The number of hydrogen-bond donors (Lipinski definition) is 0. The van der Waals surface area contributed by atoms with E-state index in [1.54, 1.807) is 0 Å². The lowest BCUT2D eigenvalue weighted by molar-refractivity contribution is 0.669. The maximum atomic E-state index is 6.86. The van der Waals surface area contributed by atoms with Crippen molar-refractivity contribution in [2.75, 3.05) is 9.80 Å². The molecule has 0 aliphatic heterocycles. The Bertz CT molecular complexity index is 4690. The van der Waals surface area contributed by atoms with Gasteiger partial charge in [0.25, 0.3) is 0 Å². The van der Waals surface area contributed by atoms with Crippen LogP contribution in [0.5, 0.6) is 0 Å². The molecule has 13 aromatic carbocycles. The summed E-state index contributed by atoms with van der Waals surface area (Å²) in [4.78, 5) is 4.82. The Labute approximate surface area is 427 Å². The molecule has 74 heavy (non-hydrogen) atoms. The topological polar surface area (TPSA) is 24.6 Å². The summed E-state index contributed by atoms with van der Waals surface area (Å²) in [6.45, 7) is 0. The molecule has 0 amide bonds. The van der Waals surface area contributed by atoms with Gasteiger partial charge in [0.1, 0.15) is 5.58 Å². The molecule has 0 N–H and O–H groups in total. The van der Waals surface area contributed by atoms with E-state index in [0.29, 0.717) is 0 Å². The van der Waals surface area contributed by atoms with Gasteiger partial charge < -0.3 is 18.8 Å². The van der Waals surface area contributed by atoms with Crippen LogP contribution in [0.3, 0.4) is 0 Å². The predicted molar refractivity (Wildman–Crippen MR) is 313 cm³/mol. The van der Waals surface area contributed by atoms with Gasteiger partial charge in [-0.05, 0) is 128 Å². The fourth-order valence-corrected chi connectivity index (χ4v) is 11.6. The Balaban J connectivity index is 1.03. The van der Waals surface area contributed by atoms with Crippen molar-refractivity contribution in [2.24, 2.45) is 0 Å². The first kappa shape index (κ1) is 41.8. The summed E-state index contributed by atoms with van der Waals surface area (Å²) in [7, 11) is 0. The third-order valence-corrected chi connectivity index (χ3v) is 15.0. The molecular formula is C70H45N3O. The Hall–Kier alpha value is -9.90. The lowest BCUT2D eigenvalue weighted by Crippen LogP contribution is -2.14. The Morgan fingerprint density at radius 1 is 0.284 bits per heavy atom. The van der Waals surface area contributed by atoms with Gasteiger partial charge in [-0.25, -0.2) is 0 Å². The molecule has 15 rings (SSSR count). The number of anilines is 6. The van der Waals surface area contributed by atoms with E-state index in [4.69, 9.17) is 4.42 Å². The van der Waals surface area contributed by atoms with E-state index in [-0.39, 0.29) is 0 Å². The number of hydrogen-bond acceptors (Lipinski definition) is 3. The van der Waals surface area contributed by atoms with Gasteiger partial charge in [-0.1, -0.05) is 188 Å². The van der Waals surface area contributed by atoms with E-state index >= 15 is 0 Å². The highest BCUT2D eigenvalue weighted by Crippen LogP contribution is 2.48. The molecule has 0 aliphatic carbocycles. The monoisotopic (exact) mass is 943 g/mol. The molecule has 15 aromatic rings. The number of furan rings is 1. The van der Waals surface area contributed by atoms with Crippen molar-refractivity contribution in [2.45, 2.75) is 0 Å². The fraction of sp³-hybridized carbons (Fsp3) is 0. The van der Waals surface area contributed by atoms with E-state index in [9.17, 15) is 0 Å². The van der Waals surface area contributed by atoms with Crippen LogP contribution in [0.2, 0.25) is 0 Å². The summed E-state index contributed by atoms with van der Waals surface area (Å²) in [5.74, 6) is 0. The van der Waals surface area contributed by atoms with Crippen LogP contribution in [-0.2, 0) is 0 Å². The largest absolute Gasteiger partial charge is 0.454 e. The second-order valence-electron chi connectivity index (χ2n) is 19.3.